The van der Waals surface area contributed by atoms with Crippen LogP contribution in [-0.4, -0.2) is 47.8 Å². The molecule has 0 bridgehead atoms. The van der Waals surface area contributed by atoms with Crippen molar-refractivity contribution in [2.45, 2.75) is 57.1 Å². The van der Waals surface area contributed by atoms with E-state index in [-0.39, 0.29) is 30.6 Å². The molecule has 0 spiro atoms. The molecule has 0 unspecified atom stereocenters. The van der Waals surface area contributed by atoms with Crippen molar-refractivity contribution in [3.05, 3.63) is 35.9 Å². The van der Waals surface area contributed by atoms with Gasteiger partial charge in [0, 0.05) is 18.5 Å². The standard InChI is InChI=1S/C20H29NO3/c22-19-11-5-4-9-17(19)18-10-6-13-21(18)20(23)15-24-14-12-16-7-2-1-3-8-16/h1-3,7-8,17-19,22H,4-6,9-15H2/t17-,18+,19-/m0/s1. The van der Waals surface area contributed by atoms with E-state index in [4.69, 9.17) is 4.74 Å². The Balaban J connectivity index is 1.45. The normalized spacial score (nSPS) is 27.4. The predicted molar refractivity (Wildman–Crippen MR) is 93.7 cm³/mol. The van der Waals surface area contributed by atoms with Gasteiger partial charge >= 0.3 is 0 Å². The first-order valence-electron chi connectivity index (χ1n) is 9.35. The average Bonchev–Trinajstić information content (AvgIpc) is 3.09. The smallest absolute Gasteiger partial charge is 0.248 e. The number of amides is 1. The third-order valence-electron chi connectivity index (χ3n) is 5.50. The number of aliphatic hydroxyl groups is 1. The van der Waals surface area contributed by atoms with Crippen LogP contribution in [0.1, 0.15) is 44.1 Å². The molecule has 1 amide bonds. The van der Waals surface area contributed by atoms with Crippen LogP contribution in [-0.2, 0) is 16.0 Å². The minimum Gasteiger partial charge on any atom is -0.393 e. The largest absolute Gasteiger partial charge is 0.393 e. The zero-order valence-corrected chi connectivity index (χ0v) is 14.4. The fraction of sp³-hybridized carbons (Fsp3) is 0.650. The van der Waals surface area contributed by atoms with Gasteiger partial charge in [-0.2, -0.15) is 0 Å². The van der Waals surface area contributed by atoms with Gasteiger partial charge in [-0.25, -0.2) is 0 Å². The average molecular weight is 331 g/mol. The van der Waals surface area contributed by atoms with Crippen molar-refractivity contribution >= 4 is 5.91 Å². The fourth-order valence-corrected chi connectivity index (χ4v) is 4.21. The number of benzene rings is 1. The molecule has 3 rings (SSSR count). The second-order valence-corrected chi connectivity index (χ2v) is 7.10. The molecule has 2 fully saturated rings. The first-order chi connectivity index (χ1) is 11.8. The highest BCUT2D eigenvalue weighted by Crippen LogP contribution is 2.34. The third kappa shape index (κ3) is 4.37. The molecule has 0 aromatic heterocycles. The van der Waals surface area contributed by atoms with Crippen molar-refractivity contribution in [3.63, 3.8) is 0 Å². The summed E-state index contributed by atoms with van der Waals surface area (Å²) in [6.45, 7) is 1.54. The lowest BCUT2D eigenvalue weighted by Crippen LogP contribution is -2.46. The van der Waals surface area contributed by atoms with Crippen LogP contribution in [0.4, 0.5) is 0 Å². The molecule has 1 aliphatic heterocycles. The van der Waals surface area contributed by atoms with E-state index in [0.717, 1.165) is 45.1 Å². The number of nitrogens with zero attached hydrogens (tertiary/aromatic N) is 1. The van der Waals surface area contributed by atoms with Crippen LogP contribution in [0.3, 0.4) is 0 Å². The maximum absolute atomic E-state index is 12.5. The minimum atomic E-state index is -0.240. The van der Waals surface area contributed by atoms with Crippen molar-refractivity contribution in [1.82, 2.24) is 4.90 Å². The molecule has 1 saturated heterocycles. The lowest BCUT2D eigenvalue weighted by molar-refractivity contribution is -0.139. The molecule has 24 heavy (non-hydrogen) atoms. The molecule has 1 aromatic rings. The van der Waals surface area contributed by atoms with E-state index in [1.807, 2.05) is 23.1 Å². The van der Waals surface area contributed by atoms with Crippen LogP contribution in [0, 0.1) is 5.92 Å². The maximum Gasteiger partial charge on any atom is 0.248 e. The SMILES string of the molecule is O=C(COCCc1ccccc1)N1CCC[C@@H]1[C@@H]1CCCC[C@@H]1O. The molecule has 0 radical (unpaired) electrons. The number of likely N-dealkylation sites (tertiary alicyclic amines) is 1. The first-order valence-corrected chi connectivity index (χ1v) is 9.35. The Morgan fingerprint density at radius 1 is 1.12 bits per heavy atom. The van der Waals surface area contributed by atoms with Crippen LogP contribution >= 0.6 is 0 Å². The van der Waals surface area contributed by atoms with Gasteiger partial charge in [0.2, 0.25) is 5.91 Å². The Kier molecular flexibility index (Phi) is 6.27. The first kappa shape index (κ1) is 17.4. The number of rotatable bonds is 6. The summed E-state index contributed by atoms with van der Waals surface area (Å²) in [4.78, 5) is 14.5. The monoisotopic (exact) mass is 331 g/mol. The van der Waals surface area contributed by atoms with E-state index in [9.17, 15) is 9.90 Å². The number of ether oxygens (including phenoxy) is 1. The van der Waals surface area contributed by atoms with E-state index in [1.54, 1.807) is 0 Å². The third-order valence-corrected chi connectivity index (χ3v) is 5.50. The summed E-state index contributed by atoms with van der Waals surface area (Å²) in [6.07, 6.45) is 6.88. The lowest BCUT2D eigenvalue weighted by atomic mass is 9.80. The summed E-state index contributed by atoms with van der Waals surface area (Å²) in [6, 6.07) is 10.4. The summed E-state index contributed by atoms with van der Waals surface area (Å²) >= 11 is 0. The topological polar surface area (TPSA) is 49.8 Å². The summed E-state index contributed by atoms with van der Waals surface area (Å²) in [7, 11) is 0. The number of carbonyl (C=O) groups is 1. The molecule has 132 valence electrons. The number of aliphatic hydroxyl groups excluding tert-OH is 1. The van der Waals surface area contributed by atoms with E-state index >= 15 is 0 Å². The Bertz CT molecular complexity index is 519. The molecule has 3 atom stereocenters. The van der Waals surface area contributed by atoms with E-state index in [0.29, 0.717) is 6.61 Å². The molecule has 1 saturated carbocycles. The van der Waals surface area contributed by atoms with Crippen LogP contribution in [0.15, 0.2) is 30.3 Å². The highest BCUT2D eigenvalue weighted by atomic mass is 16.5. The van der Waals surface area contributed by atoms with Crippen molar-refractivity contribution in [3.8, 4) is 0 Å². The zero-order valence-electron chi connectivity index (χ0n) is 14.4. The Morgan fingerprint density at radius 2 is 1.92 bits per heavy atom. The molecule has 1 aliphatic carbocycles. The van der Waals surface area contributed by atoms with Crippen LogP contribution in [0.2, 0.25) is 0 Å². The minimum absolute atomic E-state index is 0.0864. The van der Waals surface area contributed by atoms with Gasteiger partial charge in [0.05, 0.1) is 12.7 Å². The summed E-state index contributed by atoms with van der Waals surface area (Å²) in [5.74, 6) is 0.345. The lowest BCUT2D eigenvalue weighted by Gasteiger charge is -2.37. The van der Waals surface area contributed by atoms with Gasteiger partial charge in [0.25, 0.3) is 0 Å². The van der Waals surface area contributed by atoms with Crippen molar-refractivity contribution in [1.29, 1.82) is 0 Å². The molecular formula is C20H29NO3. The fourth-order valence-electron chi connectivity index (χ4n) is 4.21. The highest BCUT2D eigenvalue weighted by Gasteiger charge is 2.38. The highest BCUT2D eigenvalue weighted by molar-refractivity contribution is 5.78. The zero-order chi connectivity index (χ0) is 16.8. The van der Waals surface area contributed by atoms with Crippen LogP contribution < -0.4 is 0 Å². The molecule has 1 heterocycles. The summed E-state index contributed by atoms with van der Waals surface area (Å²) in [5.41, 5.74) is 1.23. The molecule has 1 N–H and O–H groups in total. The van der Waals surface area contributed by atoms with Gasteiger partial charge in [0.1, 0.15) is 6.61 Å². The summed E-state index contributed by atoms with van der Waals surface area (Å²) in [5, 5.41) is 10.3. The van der Waals surface area contributed by atoms with Crippen molar-refractivity contribution in [2.24, 2.45) is 5.92 Å². The van der Waals surface area contributed by atoms with Gasteiger partial charge in [-0.05, 0) is 37.7 Å². The predicted octanol–water partition coefficient (Wildman–Crippen LogP) is 2.79. The molecule has 4 nitrogen and oxygen atoms in total. The molecule has 2 aliphatic rings. The van der Waals surface area contributed by atoms with E-state index in [2.05, 4.69) is 12.1 Å². The van der Waals surface area contributed by atoms with E-state index < -0.39 is 0 Å². The molecule has 4 heteroatoms. The van der Waals surface area contributed by atoms with E-state index in [1.165, 1.54) is 12.0 Å². The van der Waals surface area contributed by atoms with Gasteiger partial charge in [-0.3, -0.25) is 4.79 Å². The number of hydrogen-bond acceptors (Lipinski definition) is 3. The Labute approximate surface area is 144 Å². The second-order valence-electron chi connectivity index (χ2n) is 7.10. The van der Waals surface area contributed by atoms with Crippen LogP contribution in [0.25, 0.3) is 0 Å². The quantitative estimate of drug-likeness (QED) is 0.816. The van der Waals surface area contributed by atoms with Crippen molar-refractivity contribution < 1.29 is 14.6 Å². The van der Waals surface area contributed by atoms with Gasteiger partial charge in [0.15, 0.2) is 0 Å². The number of hydrogen-bond donors (Lipinski definition) is 1. The maximum atomic E-state index is 12.5. The van der Waals surface area contributed by atoms with Gasteiger partial charge in [-0.15, -0.1) is 0 Å². The van der Waals surface area contributed by atoms with Crippen LogP contribution in [0.5, 0.6) is 0 Å². The van der Waals surface area contributed by atoms with Gasteiger partial charge < -0.3 is 14.7 Å². The van der Waals surface area contributed by atoms with Crippen molar-refractivity contribution in [2.75, 3.05) is 19.8 Å². The molecular weight excluding hydrogens is 302 g/mol. The second kappa shape index (κ2) is 8.63. The van der Waals surface area contributed by atoms with Gasteiger partial charge in [-0.1, -0.05) is 43.2 Å². The summed E-state index contributed by atoms with van der Waals surface area (Å²) < 4.78 is 5.62. The Morgan fingerprint density at radius 3 is 2.71 bits per heavy atom. The Hall–Kier alpha value is -1.39. The molecule has 1 aromatic carbocycles. The number of carbonyl (C=O) groups excluding carboxylic acids is 1.